The molecule has 1 fully saturated rings. The Balaban J connectivity index is 1.19. The number of hydrogen-bond acceptors (Lipinski definition) is 8. The van der Waals surface area contributed by atoms with Gasteiger partial charge < -0.3 is 20.3 Å². The van der Waals surface area contributed by atoms with Crippen LogP contribution in [0.5, 0.6) is 6.08 Å². The summed E-state index contributed by atoms with van der Waals surface area (Å²) < 4.78 is 9.89. The molecule has 1 saturated carbocycles. The maximum Gasteiger partial charge on any atom is 0.426 e. The summed E-state index contributed by atoms with van der Waals surface area (Å²) in [5.41, 5.74) is 1.33. The fraction of sp³-hybridized carbons (Fsp3) is 0.417. The molecule has 2 amide bonds. The monoisotopic (exact) mass is 483 g/mol. The fourth-order valence-corrected chi connectivity index (χ4v) is 5.17. The first-order valence-corrected chi connectivity index (χ1v) is 12.2. The molecular weight excluding hydrogens is 454 g/mol. The summed E-state index contributed by atoms with van der Waals surface area (Å²) in [6.07, 6.45) is 2.78. The number of carbonyl (C=O) groups is 2. The minimum atomic E-state index is -0.822. The first-order valence-electron chi connectivity index (χ1n) is 11.3. The van der Waals surface area contributed by atoms with E-state index >= 15 is 0 Å². The summed E-state index contributed by atoms with van der Waals surface area (Å²) in [4.78, 5) is 31.4. The van der Waals surface area contributed by atoms with Crippen molar-refractivity contribution in [2.75, 3.05) is 20.6 Å². The highest BCUT2D eigenvalue weighted by Crippen LogP contribution is 2.37. The average molecular weight is 484 g/mol. The zero-order chi connectivity index (χ0) is 23.9. The Morgan fingerprint density at radius 3 is 2.59 bits per heavy atom. The topological polar surface area (TPSA) is 110 Å². The second-order valence-corrected chi connectivity index (χ2v) is 9.55. The van der Waals surface area contributed by atoms with Crippen LogP contribution in [0.3, 0.4) is 0 Å². The third kappa shape index (κ3) is 6.21. The lowest BCUT2D eigenvalue weighted by atomic mass is 9.78. The third-order valence-electron chi connectivity index (χ3n) is 6.00. The van der Waals surface area contributed by atoms with Gasteiger partial charge in [-0.3, -0.25) is 9.32 Å². The van der Waals surface area contributed by atoms with Gasteiger partial charge in [0.2, 0.25) is 11.7 Å². The predicted molar refractivity (Wildman–Crippen MR) is 128 cm³/mol. The molecule has 1 aromatic carbocycles. The van der Waals surface area contributed by atoms with Crippen LogP contribution in [0.25, 0.3) is 10.7 Å². The van der Waals surface area contributed by atoms with E-state index in [1.165, 1.54) is 16.9 Å². The number of carbonyl (C=O) groups excluding carboxylic acids is 2. The van der Waals surface area contributed by atoms with E-state index in [1.54, 1.807) is 0 Å². The number of thiophene rings is 1. The van der Waals surface area contributed by atoms with Gasteiger partial charge >= 0.3 is 12.2 Å². The van der Waals surface area contributed by atoms with E-state index in [0.29, 0.717) is 17.8 Å². The Kier molecular flexibility index (Phi) is 7.91. The molecule has 1 aliphatic carbocycles. The summed E-state index contributed by atoms with van der Waals surface area (Å²) in [5.74, 6) is 0.625. The summed E-state index contributed by atoms with van der Waals surface area (Å²) in [5, 5.41) is 11.1. The maximum atomic E-state index is 12.3. The highest BCUT2D eigenvalue weighted by molar-refractivity contribution is 7.13. The largest absolute Gasteiger partial charge is 0.426 e. The van der Waals surface area contributed by atoms with Gasteiger partial charge in [-0.25, -0.2) is 4.79 Å². The quantitative estimate of drug-likeness (QED) is 0.501. The van der Waals surface area contributed by atoms with Gasteiger partial charge in [0.1, 0.15) is 6.54 Å². The molecule has 0 bridgehead atoms. The Morgan fingerprint density at radius 1 is 1.15 bits per heavy atom. The highest BCUT2D eigenvalue weighted by atomic mass is 32.1. The molecule has 1 unspecified atom stereocenters. The summed E-state index contributed by atoms with van der Waals surface area (Å²) in [7, 11) is 4.24. The van der Waals surface area contributed by atoms with Crippen molar-refractivity contribution in [1.82, 2.24) is 25.7 Å². The van der Waals surface area contributed by atoms with Crippen LogP contribution < -0.4 is 15.4 Å². The molecule has 1 aliphatic rings. The van der Waals surface area contributed by atoms with Crippen molar-refractivity contribution in [3.63, 3.8) is 0 Å². The van der Waals surface area contributed by atoms with Gasteiger partial charge in [0.15, 0.2) is 0 Å². The van der Waals surface area contributed by atoms with E-state index in [-0.39, 0.29) is 24.6 Å². The lowest BCUT2D eigenvalue weighted by Gasteiger charge is -2.37. The van der Waals surface area contributed by atoms with E-state index in [0.717, 1.165) is 30.6 Å². The minimum Gasteiger partial charge on any atom is -0.359 e. The molecule has 34 heavy (non-hydrogen) atoms. The normalized spacial score (nSPS) is 18.9. The van der Waals surface area contributed by atoms with Crippen molar-refractivity contribution in [2.24, 2.45) is 5.92 Å². The van der Waals surface area contributed by atoms with Crippen LogP contribution in [-0.4, -0.2) is 53.7 Å². The molecule has 180 valence electrons. The number of amides is 2. The van der Waals surface area contributed by atoms with Crippen molar-refractivity contribution in [1.29, 1.82) is 0 Å². The number of nitrogens with one attached hydrogen (secondary N) is 2. The molecule has 2 heterocycles. The number of ether oxygens (including phenoxy) is 1. The Hall–Kier alpha value is -3.24. The Morgan fingerprint density at radius 2 is 1.91 bits per heavy atom. The molecule has 10 heteroatoms. The van der Waals surface area contributed by atoms with Gasteiger partial charge in [-0.15, -0.1) is 11.3 Å². The van der Waals surface area contributed by atoms with Crippen molar-refractivity contribution in [3.8, 4) is 16.8 Å². The van der Waals surface area contributed by atoms with E-state index < -0.39 is 6.09 Å². The lowest BCUT2D eigenvalue weighted by Crippen LogP contribution is -2.44. The van der Waals surface area contributed by atoms with Gasteiger partial charge in [-0.1, -0.05) is 41.6 Å². The number of benzene rings is 1. The van der Waals surface area contributed by atoms with Crippen LogP contribution in [-0.2, 0) is 4.79 Å². The minimum absolute atomic E-state index is 0.101. The van der Waals surface area contributed by atoms with Crippen LogP contribution in [0, 0.1) is 5.92 Å². The average Bonchev–Trinajstić information content (AvgIpc) is 3.52. The van der Waals surface area contributed by atoms with E-state index in [2.05, 4.69) is 64.0 Å². The van der Waals surface area contributed by atoms with Gasteiger partial charge in [-0.05, 0) is 62.7 Å². The number of rotatable bonds is 8. The molecule has 1 atom stereocenters. The smallest absolute Gasteiger partial charge is 0.359 e. The number of hydrogen-bond donors (Lipinski definition) is 2. The third-order valence-corrected chi connectivity index (χ3v) is 6.87. The van der Waals surface area contributed by atoms with Gasteiger partial charge in [0.05, 0.1) is 4.88 Å². The van der Waals surface area contributed by atoms with Crippen LogP contribution in [0.1, 0.15) is 37.3 Å². The molecule has 0 aliphatic heterocycles. The Bertz CT molecular complexity index is 1060. The van der Waals surface area contributed by atoms with E-state index in [4.69, 9.17) is 9.26 Å². The van der Waals surface area contributed by atoms with Crippen LogP contribution in [0.4, 0.5) is 4.79 Å². The van der Waals surface area contributed by atoms with Crippen molar-refractivity contribution < 1.29 is 18.8 Å². The molecule has 2 aromatic heterocycles. The molecule has 0 radical (unpaired) electrons. The van der Waals surface area contributed by atoms with Crippen LogP contribution in [0.15, 0.2) is 52.4 Å². The lowest BCUT2D eigenvalue weighted by molar-refractivity contribution is -0.121. The first-order chi connectivity index (χ1) is 16.5. The molecule has 4 rings (SSSR count). The first kappa shape index (κ1) is 23.9. The zero-order valence-corrected chi connectivity index (χ0v) is 20.1. The molecule has 9 nitrogen and oxygen atoms in total. The molecule has 0 saturated heterocycles. The SMILES string of the molecule is CN(C)C(c1ccccc1)C1CCC(NC(=O)CNC(=O)Oc2nc(-c3cccs3)no2)CC1. The van der Waals surface area contributed by atoms with Gasteiger partial charge in [-0.2, -0.15) is 4.98 Å². The molecule has 3 aromatic rings. The fourth-order valence-electron chi connectivity index (χ4n) is 4.52. The van der Waals surface area contributed by atoms with Gasteiger partial charge in [0.25, 0.3) is 0 Å². The maximum absolute atomic E-state index is 12.3. The molecule has 0 spiro atoms. The number of aromatic nitrogens is 2. The zero-order valence-electron chi connectivity index (χ0n) is 19.3. The highest BCUT2D eigenvalue weighted by Gasteiger charge is 2.30. The molecule has 2 N–H and O–H groups in total. The van der Waals surface area contributed by atoms with Gasteiger partial charge in [0, 0.05) is 12.1 Å². The Labute approximate surface area is 202 Å². The van der Waals surface area contributed by atoms with E-state index in [1.807, 2.05) is 23.6 Å². The summed E-state index contributed by atoms with van der Waals surface area (Å²) in [6.45, 7) is -0.185. The summed E-state index contributed by atoms with van der Waals surface area (Å²) >= 11 is 1.44. The number of nitrogens with zero attached hydrogens (tertiary/aromatic N) is 3. The second kappa shape index (κ2) is 11.3. The predicted octanol–water partition coefficient (Wildman–Crippen LogP) is 3.86. The second-order valence-electron chi connectivity index (χ2n) is 8.60. The van der Waals surface area contributed by atoms with Crippen LogP contribution in [0.2, 0.25) is 0 Å². The van der Waals surface area contributed by atoms with E-state index in [9.17, 15) is 9.59 Å². The standard InChI is InChI=1S/C24H29N5O4S/c1-29(2)21(16-7-4-3-5-8-16)17-10-12-18(13-11-17)26-20(30)15-25-23(31)32-24-27-22(28-33-24)19-9-6-14-34-19/h3-9,14,17-18,21H,10-13,15H2,1-2H3,(H,25,31)(H,26,30). The van der Waals surface area contributed by atoms with Crippen molar-refractivity contribution in [2.45, 2.75) is 37.8 Å². The van der Waals surface area contributed by atoms with Crippen molar-refractivity contribution >= 4 is 23.3 Å². The molecular formula is C24H29N5O4S. The van der Waals surface area contributed by atoms with Crippen molar-refractivity contribution in [3.05, 3.63) is 53.4 Å². The summed E-state index contributed by atoms with van der Waals surface area (Å²) in [6, 6.07) is 14.7. The van der Waals surface area contributed by atoms with Crippen LogP contribution >= 0.6 is 11.3 Å².